The molecule has 2 heterocycles. The van der Waals surface area contributed by atoms with Gasteiger partial charge in [0.05, 0.1) is 0 Å². The van der Waals surface area contributed by atoms with Gasteiger partial charge >= 0.3 is 5.69 Å². The lowest BCUT2D eigenvalue weighted by molar-refractivity contribution is -0.0387. The molecule has 1 fully saturated rings. The van der Waals surface area contributed by atoms with Crippen LogP contribution in [0.3, 0.4) is 0 Å². The summed E-state index contributed by atoms with van der Waals surface area (Å²) in [6, 6.07) is 7.89. The van der Waals surface area contributed by atoms with Crippen LogP contribution in [-0.4, -0.2) is 57.6 Å². The molecule has 1 saturated heterocycles. The molecule has 10 nitrogen and oxygen atoms in total. The molecule has 0 aliphatic carbocycles. The standard InChI is InChI=1S/C17H20N4O6/c1-18-10-4-2-9(3-5-10)15(25)19-8-11-13(23)14(24)16(27-11)21-7-6-12(22)20-17(21)26/h2-7,11,13-14,16,18,23-24H,8H2,1H3,(H,19,25)(H,20,22,26)/t11-,13-,14+,16-/m1/s1. The third-order valence-electron chi connectivity index (χ3n) is 4.36. The molecule has 0 unspecified atom stereocenters. The van der Waals surface area contributed by atoms with Crippen LogP contribution in [0.4, 0.5) is 5.69 Å². The molecular formula is C17H20N4O6. The van der Waals surface area contributed by atoms with Crippen LogP contribution in [0.1, 0.15) is 16.6 Å². The fraction of sp³-hybridized carbons (Fsp3) is 0.353. The molecule has 0 radical (unpaired) electrons. The predicted octanol–water partition coefficient (Wildman–Crippen LogP) is -1.37. The number of ether oxygens (including phenoxy) is 1. The van der Waals surface area contributed by atoms with Gasteiger partial charge in [-0.3, -0.25) is 19.1 Å². The van der Waals surface area contributed by atoms with Gasteiger partial charge < -0.3 is 25.6 Å². The summed E-state index contributed by atoms with van der Waals surface area (Å²) in [4.78, 5) is 37.3. The van der Waals surface area contributed by atoms with Crippen molar-refractivity contribution in [3.63, 3.8) is 0 Å². The maximum Gasteiger partial charge on any atom is 0.330 e. The average molecular weight is 376 g/mol. The van der Waals surface area contributed by atoms with Crippen LogP contribution in [0, 0.1) is 0 Å². The fourth-order valence-corrected chi connectivity index (χ4v) is 2.84. The third kappa shape index (κ3) is 3.92. The summed E-state index contributed by atoms with van der Waals surface area (Å²) in [6.45, 7) is -0.0700. The Bertz CT molecular complexity index is 922. The van der Waals surface area contributed by atoms with E-state index in [0.29, 0.717) is 5.56 Å². The van der Waals surface area contributed by atoms with E-state index in [9.17, 15) is 24.6 Å². The van der Waals surface area contributed by atoms with E-state index < -0.39 is 35.8 Å². The lowest BCUT2D eigenvalue weighted by Gasteiger charge is -2.16. The van der Waals surface area contributed by atoms with E-state index in [4.69, 9.17) is 4.74 Å². The van der Waals surface area contributed by atoms with Crippen LogP contribution in [0.15, 0.2) is 46.1 Å². The summed E-state index contributed by atoms with van der Waals surface area (Å²) in [6.07, 6.45) is -3.65. The summed E-state index contributed by atoms with van der Waals surface area (Å²) in [5, 5.41) is 25.9. The van der Waals surface area contributed by atoms with E-state index in [-0.39, 0.29) is 12.5 Å². The highest BCUT2D eigenvalue weighted by atomic mass is 16.6. The van der Waals surface area contributed by atoms with Gasteiger partial charge in [-0.05, 0) is 24.3 Å². The van der Waals surface area contributed by atoms with E-state index in [2.05, 4.69) is 15.6 Å². The first-order valence-corrected chi connectivity index (χ1v) is 8.30. The van der Waals surface area contributed by atoms with Crippen LogP contribution in [0.2, 0.25) is 0 Å². The Labute approximate surface area is 153 Å². The topological polar surface area (TPSA) is 146 Å². The summed E-state index contributed by atoms with van der Waals surface area (Å²) in [5.74, 6) is -0.368. The van der Waals surface area contributed by atoms with Crippen molar-refractivity contribution in [2.45, 2.75) is 24.5 Å². The van der Waals surface area contributed by atoms with Gasteiger partial charge in [0, 0.05) is 37.1 Å². The number of aliphatic hydroxyl groups excluding tert-OH is 2. The number of carbonyl (C=O) groups excluding carboxylic acids is 1. The minimum absolute atomic E-state index is 0.0700. The van der Waals surface area contributed by atoms with Crippen molar-refractivity contribution >= 4 is 11.6 Å². The number of amides is 1. The molecule has 1 aliphatic heterocycles. The van der Waals surface area contributed by atoms with Crippen molar-refractivity contribution in [3.8, 4) is 0 Å². The first-order valence-electron chi connectivity index (χ1n) is 8.30. The zero-order valence-corrected chi connectivity index (χ0v) is 14.5. The van der Waals surface area contributed by atoms with Crippen molar-refractivity contribution in [1.82, 2.24) is 14.9 Å². The molecular weight excluding hydrogens is 356 g/mol. The van der Waals surface area contributed by atoms with Gasteiger partial charge in [-0.25, -0.2) is 4.79 Å². The number of rotatable bonds is 5. The van der Waals surface area contributed by atoms with Crippen molar-refractivity contribution < 1.29 is 19.7 Å². The zero-order chi connectivity index (χ0) is 19.6. The van der Waals surface area contributed by atoms with E-state index in [1.54, 1.807) is 31.3 Å². The average Bonchev–Trinajstić information content (AvgIpc) is 2.94. The molecule has 10 heteroatoms. The minimum atomic E-state index is -1.40. The normalized spacial score (nSPS) is 24.6. The molecule has 1 amide bonds. The molecule has 1 aromatic carbocycles. The Morgan fingerprint density at radius 1 is 1.19 bits per heavy atom. The van der Waals surface area contributed by atoms with Crippen LogP contribution >= 0.6 is 0 Å². The maximum atomic E-state index is 12.2. The third-order valence-corrected chi connectivity index (χ3v) is 4.36. The highest BCUT2D eigenvalue weighted by Crippen LogP contribution is 2.27. The lowest BCUT2D eigenvalue weighted by Crippen LogP contribution is -2.40. The second-order valence-corrected chi connectivity index (χ2v) is 6.10. The number of nitrogens with one attached hydrogen (secondary N) is 3. The quantitative estimate of drug-likeness (QED) is 0.433. The highest BCUT2D eigenvalue weighted by molar-refractivity contribution is 5.94. The van der Waals surface area contributed by atoms with Crippen molar-refractivity contribution in [2.75, 3.05) is 18.9 Å². The molecule has 3 rings (SSSR count). The number of benzene rings is 1. The van der Waals surface area contributed by atoms with Crippen LogP contribution in [0.25, 0.3) is 0 Å². The Hall–Kier alpha value is -2.95. The largest absolute Gasteiger partial charge is 0.388 e. The van der Waals surface area contributed by atoms with Gasteiger partial charge in [-0.2, -0.15) is 0 Å². The van der Waals surface area contributed by atoms with Crippen molar-refractivity contribution in [2.24, 2.45) is 0 Å². The predicted molar refractivity (Wildman–Crippen MR) is 95.6 cm³/mol. The summed E-state index contributed by atoms with van der Waals surface area (Å²) < 4.78 is 6.51. The fourth-order valence-electron chi connectivity index (χ4n) is 2.84. The Morgan fingerprint density at radius 3 is 2.52 bits per heavy atom. The Morgan fingerprint density at radius 2 is 1.89 bits per heavy atom. The Balaban J connectivity index is 1.66. The van der Waals surface area contributed by atoms with Gasteiger partial charge in [0.15, 0.2) is 6.23 Å². The molecule has 0 spiro atoms. The number of anilines is 1. The zero-order valence-electron chi connectivity index (χ0n) is 14.5. The van der Waals surface area contributed by atoms with Gasteiger partial charge in [0.25, 0.3) is 11.5 Å². The molecule has 2 aromatic rings. The van der Waals surface area contributed by atoms with Gasteiger partial charge in [-0.1, -0.05) is 0 Å². The number of hydrogen-bond donors (Lipinski definition) is 5. The summed E-state index contributed by atoms with van der Waals surface area (Å²) >= 11 is 0. The maximum absolute atomic E-state index is 12.2. The van der Waals surface area contributed by atoms with Gasteiger partial charge in [-0.15, -0.1) is 0 Å². The molecule has 1 aliphatic rings. The molecule has 1 aromatic heterocycles. The molecule has 5 N–H and O–H groups in total. The Kier molecular flexibility index (Phi) is 5.40. The second-order valence-electron chi connectivity index (χ2n) is 6.10. The van der Waals surface area contributed by atoms with Gasteiger partial charge in [0.2, 0.25) is 0 Å². The first-order chi connectivity index (χ1) is 12.9. The number of aromatic amines is 1. The summed E-state index contributed by atoms with van der Waals surface area (Å²) in [7, 11) is 1.77. The molecule has 4 atom stereocenters. The van der Waals surface area contributed by atoms with Gasteiger partial charge in [0.1, 0.15) is 18.3 Å². The second kappa shape index (κ2) is 7.74. The van der Waals surface area contributed by atoms with Crippen molar-refractivity contribution in [3.05, 3.63) is 62.9 Å². The smallest absolute Gasteiger partial charge is 0.330 e. The number of H-pyrrole nitrogens is 1. The molecule has 144 valence electrons. The van der Waals surface area contributed by atoms with Crippen LogP contribution in [0.5, 0.6) is 0 Å². The van der Waals surface area contributed by atoms with E-state index in [1.807, 2.05) is 0 Å². The minimum Gasteiger partial charge on any atom is -0.388 e. The molecule has 27 heavy (non-hydrogen) atoms. The number of aromatic nitrogens is 2. The van der Waals surface area contributed by atoms with Crippen LogP contribution in [-0.2, 0) is 4.74 Å². The highest BCUT2D eigenvalue weighted by Gasteiger charge is 2.44. The SMILES string of the molecule is CNc1ccc(C(=O)NC[C@H]2O[C@@H](n3ccc(=O)[nH]c3=O)[C@@H](O)[C@@H]2O)cc1. The lowest BCUT2D eigenvalue weighted by atomic mass is 10.1. The number of aliphatic hydroxyl groups is 2. The number of carbonyl (C=O) groups is 1. The van der Waals surface area contributed by atoms with E-state index >= 15 is 0 Å². The number of nitrogens with zero attached hydrogens (tertiary/aromatic N) is 1. The summed E-state index contributed by atoms with van der Waals surface area (Å²) in [5.41, 5.74) is -0.0701. The van der Waals surface area contributed by atoms with E-state index in [0.717, 1.165) is 16.3 Å². The number of hydrogen-bond acceptors (Lipinski definition) is 7. The van der Waals surface area contributed by atoms with Crippen molar-refractivity contribution in [1.29, 1.82) is 0 Å². The molecule has 0 bridgehead atoms. The monoisotopic (exact) mass is 376 g/mol. The van der Waals surface area contributed by atoms with E-state index in [1.165, 1.54) is 6.20 Å². The molecule has 0 saturated carbocycles. The van der Waals surface area contributed by atoms with Crippen LogP contribution < -0.4 is 21.9 Å². The first kappa shape index (κ1) is 18.8.